The molecule has 0 saturated heterocycles. The number of aromatic nitrogens is 4. The van der Waals surface area contributed by atoms with Crippen LogP contribution in [0.5, 0.6) is 11.5 Å². The van der Waals surface area contributed by atoms with Gasteiger partial charge in [0, 0.05) is 46.9 Å². The normalized spacial score (nSPS) is 19.0. The van der Waals surface area contributed by atoms with Crippen LogP contribution in [-0.2, 0) is 0 Å². The highest BCUT2D eigenvalue weighted by Crippen LogP contribution is 2.47. The molecule has 3 aliphatic rings. The smallest absolute Gasteiger partial charge is 0.150 e. The Morgan fingerprint density at radius 2 is 1.67 bits per heavy atom. The van der Waals surface area contributed by atoms with Crippen molar-refractivity contribution in [3.05, 3.63) is 156 Å². The van der Waals surface area contributed by atoms with Crippen LogP contribution >= 0.6 is 0 Å². The van der Waals surface area contributed by atoms with Crippen molar-refractivity contribution in [1.29, 1.82) is 0 Å². The largest absolute Gasteiger partial charge is 0.458 e. The average molecular weight is 643 g/mol. The summed E-state index contributed by atoms with van der Waals surface area (Å²) in [5.74, 6) is 2.89. The third-order valence-electron chi connectivity index (χ3n) is 10.6. The first kappa shape index (κ1) is 27.6. The Morgan fingerprint density at radius 3 is 2.60 bits per heavy atom. The predicted octanol–water partition coefficient (Wildman–Crippen LogP) is 8.68. The zero-order chi connectivity index (χ0) is 32.1. The van der Waals surface area contributed by atoms with Crippen LogP contribution in [0, 0.1) is 0 Å². The lowest BCUT2D eigenvalue weighted by molar-refractivity contribution is 0.396. The van der Waals surface area contributed by atoms with Crippen LogP contribution in [-0.4, -0.2) is 27.2 Å². The molecule has 2 aliphatic heterocycles. The molecule has 3 atom stereocenters. The molecule has 0 saturated carbocycles. The second-order valence-electron chi connectivity index (χ2n) is 13.5. The van der Waals surface area contributed by atoms with Gasteiger partial charge in [0.05, 0.1) is 11.2 Å². The molecule has 5 nitrogen and oxygen atoms in total. The van der Waals surface area contributed by atoms with E-state index in [-0.39, 0.29) is 11.8 Å². The van der Waals surface area contributed by atoms with Crippen molar-refractivity contribution in [2.24, 2.45) is 0 Å². The van der Waals surface area contributed by atoms with Gasteiger partial charge in [-0.3, -0.25) is 4.57 Å². The number of rotatable bonds is 3. The number of ether oxygens (including phenoxy) is 1. The van der Waals surface area contributed by atoms with Crippen LogP contribution in [0.1, 0.15) is 35.0 Å². The number of pyridine rings is 1. The number of benzene rings is 4. The van der Waals surface area contributed by atoms with E-state index in [0.29, 0.717) is 11.1 Å². The van der Waals surface area contributed by atoms with Gasteiger partial charge in [-0.1, -0.05) is 79.9 Å². The molecular formula is C41H31FN4OSi. The Labute approximate surface area is 278 Å². The molecular weight excluding hydrogens is 612 g/mol. The fourth-order valence-electron chi connectivity index (χ4n) is 8.21. The molecule has 0 N–H and O–H groups in total. The zero-order valence-corrected chi connectivity index (χ0v) is 27.5. The average Bonchev–Trinajstić information content (AvgIpc) is 3.75. The van der Waals surface area contributed by atoms with Crippen molar-refractivity contribution in [2.75, 3.05) is 0 Å². The van der Waals surface area contributed by atoms with E-state index >= 15 is 4.39 Å². The fraction of sp³-hybridized carbons (Fsp3) is 0.122. The first-order valence-electron chi connectivity index (χ1n) is 16.5. The molecule has 0 fully saturated rings. The summed E-state index contributed by atoms with van der Waals surface area (Å²) in [7, 11) is -2.07. The van der Waals surface area contributed by atoms with Gasteiger partial charge in [-0.15, -0.1) is 0 Å². The van der Waals surface area contributed by atoms with Gasteiger partial charge in [0.15, 0.2) is 6.17 Å². The van der Waals surface area contributed by atoms with Crippen molar-refractivity contribution >= 4 is 40.4 Å². The monoisotopic (exact) mass is 642 g/mol. The van der Waals surface area contributed by atoms with Crippen molar-refractivity contribution in [3.8, 4) is 22.9 Å². The van der Waals surface area contributed by atoms with Gasteiger partial charge in [0.1, 0.15) is 31.0 Å². The Hall–Kier alpha value is -5.53. The third kappa shape index (κ3) is 3.82. The van der Waals surface area contributed by atoms with E-state index in [1.807, 2.05) is 61.1 Å². The Balaban J connectivity index is 1.08. The molecule has 3 unspecified atom stereocenters. The van der Waals surface area contributed by atoms with Crippen molar-refractivity contribution in [1.82, 2.24) is 19.1 Å². The number of para-hydroxylation sites is 2. The molecule has 0 amide bonds. The number of imidazole rings is 1. The lowest BCUT2D eigenvalue weighted by atomic mass is 9.77. The van der Waals surface area contributed by atoms with Crippen LogP contribution < -0.4 is 15.1 Å². The highest BCUT2D eigenvalue weighted by Gasteiger charge is 2.38. The molecule has 5 heterocycles. The Bertz CT molecular complexity index is 2520. The van der Waals surface area contributed by atoms with Crippen LogP contribution in [0.2, 0.25) is 13.1 Å². The molecule has 48 heavy (non-hydrogen) atoms. The molecule has 1 aliphatic carbocycles. The molecule has 3 aromatic heterocycles. The van der Waals surface area contributed by atoms with Crippen LogP contribution in [0.4, 0.5) is 4.39 Å². The quantitative estimate of drug-likeness (QED) is 0.181. The maximum atomic E-state index is 16.7. The third-order valence-corrected chi connectivity index (χ3v) is 14.1. The summed E-state index contributed by atoms with van der Waals surface area (Å²) in [4.78, 5) is 9.56. The summed E-state index contributed by atoms with van der Waals surface area (Å²) in [5, 5.41) is 4.65. The van der Waals surface area contributed by atoms with E-state index in [1.54, 1.807) is 0 Å². The number of hydrogen-bond acceptors (Lipinski definition) is 3. The molecule has 10 rings (SSSR count). The summed E-state index contributed by atoms with van der Waals surface area (Å²) in [6.45, 7) is 4.76. The maximum Gasteiger partial charge on any atom is 0.150 e. The summed E-state index contributed by atoms with van der Waals surface area (Å²) < 4.78 is 27.5. The van der Waals surface area contributed by atoms with E-state index in [2.05, 4.69) is 95.0 Å². The summed E-state index contributed by atoms with van der Waals surface area (Å²) in [6.07, 6.45) is 10.6. The molecule has 7 aromatic rings. The lowest BCUT2D eigenvalue weighted by Crippen LogP contribution is -2.55. The summed E-state index contributed by atoms with van der Waals surface area (Å²) in [6, 6.07) is 33.2. The molecule has 7 heteroatoms. The number of halogens is 1. The Kier molecular flexibility index (Phi) is 5.73. The second-order valence-corrected chi connectivity index (χ2v) is 17.9. The van der Waals surface area contributed by atoms with Crippen LogP contribution in [0.15, 0.2) is 139 Å². The van der Waals surface area contributed by atoms with Gasteiger partial charge in [-0.05, 0) is 75.6 Å². The second kappa shape index (κ2) is 9.98. The van der Waals surface area contributed by atoms with Crippen LogP contribution in [0.3, 0.4) is 0 Å². The minimum absolute atomic E-state index is 0.0380. The molecule has 0 bridgehead atoms. The van der Waals surface area contributed by atoms with Gasteiger partial charge in [0.25, 0.3) is 0 Å². The predicted molar refractivity (Wildman–Crippen MR) is 192 cm³/mol. The van der Waals surface area contributed by atoms with Gasteiger partial charge in [-0.25, -0.2) is 14.4 Å². The number of nitrogens with zero attached hydrogens (tertiary/aromatic N) is 4. The lowest BCUT2D eigenvalue weighted by Gasteiger charge is -2.33. The van der Waals surface area contributed by atoms with E-state index < -0.39 is 14.2 Å². The van der Waals surface area contributed by atoms with E-state index in [9.17, 15) is 0 Å². The number of fused-ring (bicyclic) bond motifs is 11. The van der Waals surface area contributed by atoms with Gasteiger partial charge < -0.3 is 9.30 Å². The number of alkyl halides is 1. The Morgan fingerprint density at radius 1 is 0.792 bits per heavy atom. The van der Waals surface area contributed by atoms with Crippen molar-refractivity contribution < 1.29 is 9.13 Å². The molecule has 232 valence electrons. The zero-order valence-electron chi connectivity index (χ0n) is 26.5. The van der Waals surface area contributed by atoms with Crippen molar-refractivity contribution in [3.63, 3.8) is 0 Å². The maximum absolute atomic E-state index is 16.7. The molecule has 4 aromatic carbocycles. The minimum atomic E-state index is -2.07. The van der Waals surface area contributed by atoms with Crippen LogP contribution in [0.25, 0.3) is 33.3 Å². The molecule has 0 spiro atoms. The fourth-order valence-corrected chi connectivity index (χ4v) is 11.0. The topological polar surface area (TPSA) is 44.9 Å². The van der Waals surface area contributed by atoms with Crippen molar-refractivity contribution in [2.45, 2.75) is 31.1 Å². The highest BCUT2D eigenvalue weighted by molar-refractivity contribution is 7.01. The molecule has 0 radical (unpaired) electrons. The first-order chi connectivity index (χ1) is 23.5. The van der Waals surface area contributed by atoms with E-state index in [4.69, 9.17) is 14.7 Å². The number of hydrogen-bond donors (Lipinski definition) is 0. The van der Waals surface area contributed by atoms with E-state index in [1.165, 1.54) is 15.9 Å². The summed E-state index contributed by atoms with van der Waals surface area (Å²) >= 11 is 0. The van der Waals surface area contributed by atoms with E-state index in [0.717, 1.165) is 50.6 Å². The van der Waals surface area contributed by atoms with Gasteiger partial charge in [0.2, 0.25) is 0 Å². The number of allylic oxidation sites excluding steroid dienone is 4. The minimum Gasteiger partial charge on any atom is -0.458 e. The standard InChI is InChI=1S/C41H31FN4OSi/c1-48(2)37-15-6-5-14-35(37)47-36-23-31-30-12-8-18-43-41(30)46(34(31)24-38(36)48)27-10-7-9-25(21-27)39(42)26-16-17-28-29-11-3-4-13-33(29)45-20-19-44-40(45)32(28)22-26/h3-24,28,32,39H,1-2H3. The van der Waals surface area contributed by atoms with Gasteiger partial charge >= 0.3 is 0 Å². The van der Waals surface area contributed by atoms with Gasteiger partial charge in [-0.2, -0.15) is 0 Å². The first-order valence-corrected chi connectivity index (χ1v) is 19.5. The summed E-state index contributed by atoms with van der Waals surface area (Å²) in [5.41, 5.74) is 6.40. The SMILES string of the molecule is C[Si]1(C)c2ccccc2Oc2cc3c4cccnc4n(-c4cccc(C(F)C5=CC6c7nccn7-c7ccccc7C6C=C5)c4)c3cc21. The highest BCUT2D eigenvalue weighted by atomic mass is 28.3.